The minimum absolute atomic E-state index is 0. The van der Waals surface area contributed by atoms with Crippen molar-refractivity contribution in [3.63, 3.8) is 0 Å². The monoisotopic (exact) mass is 2420 g/mol. The first-order valence-corrected chi connectivity index (χ1v) is 42.4. The Labute approximate surface area is 807 Å². The van der Waals surface area contributed by atoms with Gasteiger partial charge < -0.3 is 33.3 Å². The molecule has 17 aromatic rings. The van der Waals surface area contributed by atoms with Gasteiger partial charge in [0.05, 0.1) is 24.2 Å². The van der Waals surface area contributed by atoms with Crippen LogP contribution >= 0.6 is 0 Å². The SMILES string of the molecule is CC(C)(C)c1ccc(-c2nnc(-c3cc[c-]c(-c4ccccn4)c3)o2)cc1.CCCCCOc1cc2c(cc1OCCCCC)C1(c3ccccc3-c3cc(-c4cc[c-]c(-c5ccccn5)c4)ccc31)c1cc(C)c(C)cc1-2.Cc1ccc(C)c(-c2cc[c-]c(-c3[c-]cccc3)c2)c1.FC(F)(F)c1ccc(-c2nnc(-c3cc[c-]c(-c4ccccn4)c3)o2)cc1.[Ir].[Ir].[Ir].[Ir]. The zero-order valence-corrected chi connectivity index (χ0v) is 82.3. The molecule has 0 saturated carbocycles. The van der Waals surface area contributed by atoms with Gasteiger partial charge in [-0.05, 0) is 225 Å². The molecule has 658 valence electrons. The smallest absolute Gasteiger partial charge is 0.416 e. The summed E-state index contributed by atoms with van der Waals surface area (Å²) in [5, 5.41) is 16.4. The molecule has 0 N–H and O–H groups in total. The molecule has 5 aromatic heterocycles. The van der Waals surface area contributed by atoms with Gasteiger partial charge in [-0.1, -0.05) is 181 Å². The predicted octanol–water partition coefficient (Wildman–Crippen LogP) is 28.4. The van der Waals surface area contributed by atoms with Gasteiger partial charge in [0.15, 0.2) is 11.5 Å². The maximum Gasteiger partial charge on any atom is 0.416 e. The van der Waals surface area contributed by atoms with Crippen molar-refractivity contribution in [1.29, 1.82) is 0 Å². The van der Waals surface area contributed by atoms with E-state index in [2.05, 4.69) is 255 Å². The summed E-state index contributed by atoms with van der Waals surface area (Å²) in [6.45, 7) is 21.2. The van der Waals surface area contributed by atoms with E-state index in [1.807, 2.05) is 128 Å². The van der Waals surface area contributed by atoms with E-state index in [4.69, 9.17) is 18.3 Å². The van der Waals surface area contributed by atoms with E-state index in [0.29, 0.717) is 36.1 Å². The van der Waals surface area contributed by atoms with Crippen molar-refractivity contribution < 1.29 is 112 Å². The van der Waals surface area contributed by atoms with Gasteiger partial charge in [0, 0.05) is 110 Å². The maximum absolute atomic E-state index is 12.7. The van der Waals surface area contributed by atoms with Crippen LogP contribution in [0.5, 0.6) is 11.5 Å². The van der Waals surface area contributed by atoms with Gasteiger partial charge in [-0.25, -0.2) is 11.1 Å². The molecule has 19 rings (SSSR count). The summed E-state index contributed by atoms with van der Waals surface area (Å²) in [6, 6.07) is 110. The molecule has 0 saturated heterocycles. The number of aryl methyl sites for hydroxylation is 4. The Morgan fingerprint density at radius 1 is 0.326 bits per heavy atom. The number of fused-ring (bicyclic) bond motifs is 10. The van der Waals surface area contributed by atoms with Crippen molar-refractivity contribution in [1.82, 2.24) is 35.3 Å². The molecule has 0 amide bonds. The second kappa shape index (κ2) is 43.6. The first-order chi connectivity index (χ1) is 60.8. The molecular weight excluding hydrogens is 2320 g/mol. The van der Waals surface area contributed by atoms with Crippen LogP contribution in [0.15, 0.2) is 313 Å². The van der Waals surface area contributed by atoms with Crippen LogP contribution in [-0.4, -0.2) is 48.6 Å². The van der Waals surface area contributed by atoms with E-state index < -0.39 is 17.2 Å². The van der Waals surface area contributed by atoms with Gasteiger partial charge in [-0.3, -0.25) is 0 Å². The number of aromatic nitrogens is 7. The molecule has 2 aliphatic carbocycles. The second-order valence-corrected chi connectivity index (χ2v) is 32.4. The van der Waals surface area contributed by atoms with Crippen molar-refractivity contribution in [3.8, 4) is 147 Å². The number of benzene rings is 12. The third-order valence-electron chi connectivity index (χ3n) is 22.7. The number of alkyl halides is 3. The van der Waals surface area contributed by atoms with E-state index >= 15 is 0 Å². The van der Waals surface area contributed by atoms with Crippen molar-refractivity contribution in [3.05, 3.63) is 390 Å². The molecule has 18 heteroatoms. The first-order valence-electron chi connectivity index (χ1n) is 42.4. The van der Waals surface area contributed by atoms with Crippen LogP contribution in [0.3, 0.4) is 0 Å². The Bertz CT molecular complexity index is 6440. The van der Waals surface area contributed by atoms with Gasteiger partial charge in [0.25, 0.3) is 0 Å². The average molecular weight is 2410 g/mol. The molecule has 11 nitrogen and oxygen atoms in total. The fraction of sp³-hybridized carbons (Fsp3) is 0.180. The minimum Gasteiger partial charge on any atom is -0.490 e. The number of nitrogens with zero attached hydrogens (tertiary/aromatic N) is 7. The molecule has 2 aliphatic rings. The number of halogens is 3. The molecule has 1 spiro atoms. The molecule has 0 bridgehead atoms. The maximum atomic E-state index is 12.7. The normalized spacial score (nSPS) is 12.4. The van der Waals surface area contributed by atoms with Crippen molar-refractivity contribution in [2.75, 3.05) is 13.2 Å². The van der Waals surface area contributed by atoms with Gasteiger partial charge in [0.1, 0.15) is 0 Å². The average Bonchev–Trinajstić information content (AvgIpc) is 1.50. The summed E-state index contributed by atoms with van der Waals surface area (Å²) in [5.41, 5.74) is 30.8. The standard InChI is InChI=1S/C48H46NO2.C23H20N3O.C20H11F3N3O.C20H16.4Ir/c1-5-7-13-24-50-46-30-40-38-26-32(3)33(4)27-43(38)48(44(40)31-47(46)51-25-14-8-6-2)41-19-10-9-18-37(41)39-29-35(21-22-42(39)48)34-16-15-17-36(28-34)45-20-11-12-23-49-45;1-23(2,3)19-12-10-16(11-13-19)21-25-26-22(27-21)18-8-6-7-17(15-18)20-9-4-5-14-24-20;21-20(22,23)16-9-7-13(8-10-16)18-25-26-19(27-18)15-5-3-4-14(12-15)17-6-1-2-11-24-17;1-15-11-12-16(2)20(13-15)19-10-6-9-18(14-19)17-7-4-3-5-8-17;;;;/h9-12,15-16,18-23,26-31H,5-8,13-14,24-25H2,1-4H3;4-6,8-15H,1-3H3;1-3,5-12H;3-7,10-14H,1-2H3;;;;/q3*-1;-2;;;;. The summed E-state index contributed by atoms with van der Waals surface area (Å²) in [6.07, 6.45) is 7.59. The molecular formula is C111H93F3Ir4N7O4-5. The predicted molar refractivity (Wildman–Crippen MR) is 492 cm³/mol. The van der Waals surface area contributed by atoms with E-state index in [0.717, 1.165) is 124 Å². The van der Waals surface area contributed by atoms with Crippen LogP contribution in [0, 0.1) is 58.0 Å². The fourth-order valence-corrected chi connectivity index (χ4v) is 16.0. The molecule has 5 heterocycles. The van der Waals surface area contributed by atoms with Gasteiger partial charge >= 0.3 is 6.18 Å². The summed E-state index contributed by atoms with van der Waals surface area (Å²) < 4.78 is 62.7. The number of ether oxygens (including phenoxy) is 2. The van der Waals surface area contributed by atoms with Crippen LogP contribution < -0.4 is 9.47 Å². The Kier molecular flexibility index (Phi) is 32.6. The molecule has 1 unspecified atom stereocenters. The number of unbranched alkanes of at least 4 members (excludes halogenated alkanes) is 4. The molecule has 4 radical (unpaired) electrons. The minimum atomic E-state index is -4.39. The largest absolute Gasteiger partial charge is 0.490 e. The topological polar surface area (TPSA) is 135 Å². The molecule has 12 aromatic carbocycles. The number of hydrogen-bond donors (Lipinski definition) is 0. The third-order valence-corrected chi connectivity index (χ3v) is 22.7. The molecule has 1 atom stereocenters. The second-order valence-electron chi connectivity index (χ2n) is 32.4. The van der Waals surface area contributed by atoms with Gasteiger partial charge in [-0.2, -0.15) is 55.6 Å². The van der Waals surface area contributed by atoms with Crippen molar-refractivity contribution >= 4 is 0 Å². The summed E-state index contributed by atoms with van der Waals surface area (Å²) >= 11 is 0. The number of rotatable bonds is 20. The van der Waals surface area contributed by atoms with Gasteiger partial charge in [0.2, 0.25) is 23.6 Å². The van der Waals surface area contributed by atoms with Crippen LogP contribution in [-0.2, 0) is 97.4 Å². The Morgan fingerprint density at radius 3 is 1.27 bits per heavy atom. The van der Waals surface area contributed by atoms with E-state index in [1.54, 1.807) is 24.5 Å². The van der Waals surface area contributed by atoms with Gasteiger partial charge in [-0.15, -0.1) is 133 Å². The number of pyridine rings is 3. The summed E-state index contributed by atoms with van der Waals surface area (Å²) in [5.74, 6) is 3.11. The van der Waals surface area contributed by atoms with Crippen LogP contribution in [0.25, 0.3) is 135 Å². The Balaban J connectivity index is 0.000000165. The van der Waals surface area contributed by atoms with Crippen molar-refractivity contribution in [2.45, 2.75) is 118 Å². The quantitative estimate of drug-likeness (QED) is 0.0533. The van der Waals surface area contributed by atoms with Crippen molar-refractivity contribution in [2.24, 2.45) is 0 Å². The van der Waals surface area contributed by atoms with E-state index in [1.165, 1.54) is 101 Å². The Morgan fingerprint density at radius 2 is 0.752 bits per heavy atom. The zero-order chi connectivity index (χ0) is 86.6. The van der Waals surface area contributed by atoms with Crippen LogP contribution in [0.4, 0.5) is 13.2 Å². The third kappa shape index (κ3) is 21.9. The van der Waals surface area contributed by atoms with Crippen LogP contribution in [0.2, 0.25) is 0 Å². The molecule has 129 heavy (non-hydrogen) atoms. The number of hydrogen-bond acceptors (Lipinski definition) is 11. The Hall–Kier alpha value is -11.6. The van der Waals surface area contributed by atoms with Crippen LogP contribution in [0.1, 0.15) is 129 Å². The zero-order valence-electron chi connectivity index (χ0n) is 72.8. The van der Waals surface area contributed by atoms with E-state index in [9.17, 15) is 13.2 Å². The summed E-state index contributed by atoms with van der Waals surface area (Å²) in [4.78, 5) is 13.2. The van der Waals surface area contributed by atoms with E-state index in [-0.39, 0.29) is 97.6 Å². The first kappa shape index (κ1) is 96.4. The fourth-order valence-electron chi connectivity index (χ4n) is 16.0. The summed E-state index contributed by atoms with van der Waals surface area (Å²) in [7, 11) is 0. The molecule has 0 fully saturated rings. The molecule has 0 aliphatic heterocycles.